The van der Waals surface area contributed by atoms with Gasteiger partial charge in [-0.3, -0.25) is 4.79 Å². The van der Waals surface area contributed by atoms with Crippen molar-refractivity contribution in [3.05, 3.63) is 65.9 Å². The quantitative estimate of drug-likeness (QED) is 0.743. The van der Waals surface area contributed by atoms with Gasteiger partial charge in [0.15, 0.2) is 0 Å². The van der Waals surface area contributed by atoms with E-state index in [4.69, 9.17) is 0 Å². The first-order chi connectivity index (χ1) is 12.7. The van der Waals surface area contributed by atoms with Gasteiger partial charge in [-0.1, -0.05) is 30.3 Å². The van der Waals surface area contributed by atoms with Crippen molar-refractivity contribution in [2.75, 3.05) is 18.9 Å². The van der Waals surface area contributed by atoms with E-state index >= 15 is 0 Å². The maximum absolute atomic E-state index is 12.9. The van der Waals surface area contributed by atoms with Gasteiger partial charge in [-0.05, 0) is 49.2 Å². The van der Waals surface area contributed by atoms with Crippen LogP contribution in [0.5, 0.6) is 0 Å². The number of likely N-dealkylation sites (N-methyl/N-ethyl adjacent to an activating group) is 1. The third-order valence-electron chi connectivity index (χ3n) is 6.14. The molecule has 2 N–H and O–H groups in total. The van der Waals surface area contributed by atoms with Gasteiger partial charge in [0.2, 0.25) is 5.91 Å². The SMILES string of the molecule is CN1C[C@H](C(=O)Nc2ccccc2)C[C@@H]2c3cccc4[nH]cc(c34)C[C@H]21. The van der Waals surface area contributed by atoms with Gasteiger partial charge >= 0.3 is 0 Å². The van der Waals surface area contributed by atoms with E-state index < -0.39 is 0 Å². The Morgan fingerprint density at radius 1 is 1.15 bits per heavy atom. The summed E-state index contributed by atoms with van der Waals surface area (Å²) in [5.41, 5.74) is 4.91. The van der Waals surface area contributed by atoms with Crippen molar-refractivity contribution in [3.63, 3.8) is 0 Å². The number of carbonyl (C=O) groups excluding carboxylic acids is 1. The summed E-state index contributed by atoms with van der Waals surface area (Å²) in [6.07, 6.45) is 4.13. The van der Waals surface area contributed by atoms with Crippen molar-refractivity contribution in [2.24, 2.45) is 5.92 Å². The molecular formula is C22H23N3O. The summed E-state index contributed by atoms with van der Waals surface area (Å²) < 4.78 is 0. The van der Waals surface area contributed by atoms with Gasteiger partial charge in [0.25, 0.3) is 0 Å². The van der Waals surface area contributed by atoms with Crippen LogP contribution in [0.15, 0.2) is 54.7 Å². The minimum Gasteiger partial charge on any atom is -0.361 e. The van der Waals surface area contributed by atoms with Crippen molar-refractivity contribution in [3.8, 4) is 0 Å². The number of aromatic amines is 1. The number of carbonyl (C=O) groups is 1. The molecule has 3 atom stereocenters. The van der Waals surface area contributed by atoms with Crippen LogP contribution in [0.25, 0.3) is 10.9 Å². The molecule has 3 aromatic rings. The number of hydrogen-bond donors (Lipinski definition) is 2. The van der Waals surface area contributed by atoms with Crippen LogP contribution in [0.1, 0.15) is 23.5 Å². The predicted molar refractivity (Wildman–Crippen MR) is 104 cm³/mol. The number of likely N-dealkylation sites (tertiary alicyclic amines) is 1. The molecule has 0 spiro atoms. The van der Waals surface area contributed by atoms with Crippen LogP contribution in [-0.2, 0) is 11.2 Å². The van der Waals surface area contributed by atoms with E-state index in [0.717, 1.165) is 25.1 Å². The third kappa shape index (κ3) is 2.44. The predicted octanol–water partition coefficient (Wildman–Crippen LogP) is 3.77. The molecule has 2 aliphatic rings. The van der Waals surface area contributed by atoms with Crippen LogP contribution >= 0.6 is 0 Å². The van der Waals surface area contributed by atoms with Crippen LogP contribution < -0.4 is 5.32 Å². The van der Waals surface area contributed by atoms with Crippen molar-refractivity contribution in [2.45, 2.75) is 24.8 Å². The fraction of sp³-hybridized carbons (Fsp3) is 0.318. The smallest absolute Gasteiger partial charge is 0.228 e. The Kier molecular flexibility index (Phi) is 3.61. The Balaban J connectivity index is 1.45. The number of amides is 1. The van der Waals surface area contributed by atoms with Gasteiger partial charge in [0, 0.05) is 41.3 Å². The summed E-state index contributed by atoms with van der Waals surface area (Å²) in [6.45, 7) is 0.815. The molecule has 2 aromatic carbocycles. The second-order valence-electron chi connectivity index (χ2n) is 7.69. The van der Waals surface area contributed by atoms with E-state index in [1.807, 2.05) is 30.3 Å². The summed E-state index contributed by atoms with van der Waals surface area (Å²) in [4.78, 5) is 18.7. The van der Waals surface area contributed by atoms with E-state index in [-0.39, 0.29) is 11.8 Å². The van der Waals surface area contributed by atoms with Crippen LogP contribution in [0.3, 0.4) is 0 Å². The van der Waals surface area contributed by atoms with Crippen LogP contribution in [-0.4, -0.2) is 35.4 Å². The number of H-pyrrole nitrogens is 1. The largest absolute Gasteiger partial charge is 0.361 e. The van der Waals surface area contributed by atoms with Crippen LogP contribution in [0.2, 0.25) is 0 Å². The molecule has 1 saturated heterocycles. The van der Waals surface area contributed by atoms with Gasteiger partial charge in [0.1, 0.15) is 0 Å². The highest BCUT2D eigenvalue weighted by Gasteiger charge is 2.41. The van der Waals surface area contributed by atoms with E-state index in [2.05, 4.69) is 46.6 Å². The number of benzene rings is 2. The Bertz CT molecular complexity index is 962. The van der Waals surface area contributed by atoms with E-state index in [9.17, 15) is 4.79 Å². The first-order valence-corrected chi connectivity index (χ1v) is 9.36. The first kappa shape index (κ1) is 15.6. The molecule has 0 bridgehead atoms. The number of para-hydroxylation sites is 1. The molecule has 132 valence electrons. The molecule has 2 heterocycles. The second-order valence-corrected chi connectivity index (χ2v) is 7.69. The van der Waals surface area contributed by atoms with Crippen molar-refractivity contribution in [1.82, 2.24) is 9.88 Å². The summed E-state index contributed by atoms with van der Waals surface area (Å²) in [7, 11) is 2.16. The lowest BCUT2D eigenvalue weighted by Gasteiger charge is -2.45. The zero-order chi connectivity index (χ0) is 17.7. The maximum Gasteiger partial charge on any atom is 0.228 e. The molecule has 0 unspecified atom stereocenters. The number of anilines is 1. The molecule has 0 radical (unpaired) electrons. The van der Waals surface area contributed by atoms with E-state index in [1.165, 1.54) is 22.0 Å². The highest BCUT2D eigenvalue weighted by molar-refractivity contribution is 5.93. The molecular weight excluding hydrogens is 322 g/mol. The number of hydrogen-bond acceptors (Lipinski definition) is 2. The average Bonchev–Trinajstić information content (AvgIpc) is 3.08. The topological polar surface area (TPSA) is 48.1 Å². The van der Waals surface area contributed by atoms with Crippen molar-refractivity contribution < 1.29 is 4.79 Å². The molecule has 0 saturated carbocycles. The van der Waals surface area contributed by atoms with Crippen molar-refractivity contribution in [1.29, 1.82) is 0 Å². The average molecular weight is 345 g/mol. The summed E-state index contributed by atoms with van der Waals surface area (Å²) in [5.74, 6) is 0.554. The zero-order valence-electron chi connectivity index (χ0n) is 14.9. The minimum absolute atomic E-state index is 0.0113. The Labute approximate surface area is 153 Å². The fourth-order valence-electron chi connectivity index (χ4n) is 4.90. The first-order valence-electron chi connectivity index (χ1n) is 9.36. The molecule has 26 heavy (non-hydrogen) atoms. The zero-order valence-corrected chi connectivity index (χ0v) is 14.9. The van der Waals surface area contributed by atoms with Gasteiger partial charge in [-0.25, -0.2) is 0 Å². The lowest BCUT2D eigenvalue weighted by Crippen LogP contribution is -2.50. The van der Waals surface area contributed by atoms with Crippen LogP contribution in [0.4, 0.5) is 5.69 Å². The lowest BCUT2D eigenvalue weighted by molar-refractivity contribution is -0.122. The Morgan fingerprint density at radius 3 is 2.85 bits per heavy atom. The highest BCUT2D eigenvalue weighted by atomic mass is 16.1. The molecule has 4 nitrogen and oxygen atoms in total. The number of fused-ring (bicyclic) bond motifs is 2. The molecule has 4 heteroatoms. The Hall–Kier alpha value is -2.59. The normalized spacial score (nSPS) is 25.0. The lowest BCUT2D eigenvalue weighted by atomic mass is 9.72. The molecule has 5 rings (SSSR count). The minimum atomic E-state index is 0.0113. The van der Waals surface area contributed by atoms with Gasteiger partial charge in [0.05, 0.1) is 5.92 Å². The van der Waals surface area contributed by atoms with Crippen LogP contribution in [0, 0.1) is 5.92 Å². The second kappa shape index (κ2) is 5.99. The summed E-state index contributed by atoms with van der Waals surface area (Å²) >= 11 is 0. The summed E-state index contributed by atoms with van der Waals surface area (Å²) in [5, 5.41) is 4.48. The third-order valence-corrected chi connectivity index (χ3v) is 6.14. The van der Waals surface area contributed by atoms with Gasteiger partial charge in [-0.15, -0.1) is 0 Å². The monoisotopic (exact) mass is 345 g/mol. The molecule has 1 fully saturated rings. The number of nitrogens with one attached hydrogen (secondary N) is 2. The molecule has 1 aliphatic heterocycles. The highest BCUT2D eigenvalue weighted by Crippen LogP contribution is 2.44. The maximum atomic E-state index is 12.9. The number of rotatable bonds is 2. The van der Waals surface area contributed by atoms with Crippen molar-refractivity contribution >= 4 is 22.5 Å². The standard InChI is InChI=1S/C22H23N3O/c1-25-13-15(22(26)24-16-6-3-2-4-7-16)10-18-17-8-5-9-19-21(17)14(12-23-19)11-20(18)25/h2-9,12,15,18,20,23H,10-11,13H2,1H3,(H,24,26)/t15-,18-,20-/m1/s1. The number of nitrogens with zero attached hydrogens (tertiary/aromatic N) is 1. The van der Waals surface area contributed by atoms with Gasteiger partial charge < -0.3 is 15.2 Å². The Morgan fingerprint density at radius 2 is 2.00 bits per heavy atom. The molecule has 1 amide bonds. The van der Waals surface area contributed by atoms with E-state index in [1.54, 1.807) is 0 Å². The molecule has 1 aliphatic carbocycles. The number of piperidine rings is 1. The fourth-order valence-corrected chi connectivity index (χ4v) is 4.90. The van der Waals surface area contributed by atoms with E-state index in [0.29, 0.717) is 12.0 Å². The summed E-state index contributed by atoms with van der Waals surface area (Å²) in [6, 6.07) is 16.8. The van der Waals surface area contributed by atoms with Gasteiger partial charge in [-0.2, -0.15) is 0 Å². The molecule has 1 aromatic heterocycles. The number of aromatic nitrogens is 1.